The first-order valence-corrected chi connectivity index (χ1v) is 7.33. The standard InChI is InChI=1S/C16H25NO3/c1-12(2)17-10-13-6-7-15(16(9-13)18-3)20-14-5-4-8-19-11-14/h6-7,9,12,14,17H,4-5,8,10-11H2,1-3H3. The molecule has 1 unspecified atom stereocenters. The molecule has 20 heavy (non-hydrogen) atoms. The van der Waals surface area contributed by atoms with E-state index in [1.54, 1.807) is 7.11 Å². The average Bonchev–Trinajstić information content (AvgIpc) is 2.47. The van der Waals surface area contributed by atoms with E-state index >= 15 is 0 Å². The van der Waals surface area contributed by atoms with Crippen LogP contribution in [0.5, 0.6) is 11.5 Å². The highest BCUT2D eigenvalue weighted by atomic mass is 16.5. The molecule has 1 atom stereocenters. The number of benzene rings is 1. The summed E-state index contributed by atoms with van der Waals surface area (Å²) in [6.07, 6.45) is 2.24. The molecule has 1 aromatic carbocycles. The van der Waals surface area contributed by atoms with Crippen LogP contribution in [0.25, 0.3) is 0 Å². The molecule has 0 bridgehead atoms. The van der Waals surface area contributed by atoms with Gasteiger partial charge in [-0.25, -0.2) is 0 Å². The fourth-order valence-corrected chi connectivity index (χ4v) is 2.22. The molecule has 0 saturated carbocycles. The third kappa shape index (κ3) is 4.39. The second kappa shape index (κ2) is 7.50. The zero-order valence-corrected chi connectivity index (χ0v) is 12.6. The van der Waals surface area contributed by atoms with Gasteiger partial charge >= 0.3 is 0 Å². The largest absolute Gasteiger partial charge is 0.493 e. The van der Waals surface area contributed by atoms with Gasteiger partial charge in [0.25, 0.3) is 0 Å². The minimum Gasteiger partial charge on any atom is -0.493 e. The summed E-state index contributed by atoms with van der Waals surface area (Å²) in [6, 6.07) is 6.58. The van der Waals surface area contributed by atoms with Crippen LogP contribution in [-0.4, -0.2) is 32.5 Å². The lowest BCUT2D eigenvalue weighted by Gasteiger charge is -2.24. The molecule has 1 aliphatic rings. The van der Waals surface area contributed by atoms with Crippen molar-refractivity contribution >= 4 is 0 Å². The maximum Gasteiger partial charge on any atom is 0.161 e. The topological polar surface area (TPSA) is 39.7 Å². The molecule has 0 aliphatic carbocycles. The average molecular weight is 279 g/mol. The Hall–Kier alpha value is -1.26. The first-order valence-electron chi connectivity index (χ1n) is 7.33. The van der Waals surface area contributed by atoms with Crippen molar-refractivity contribution < 1.29 is 14.2 Å². The van der Waals surface area contributed by atoms with Gasteiger partial charge in [-0.15, -0.1) is 0 Å². The van der Waals surface area contributed by atoms with Gasteiger partial charge in [-0.2, -0.15) is 0 Å². The number of ether oxygens (including phenoxy) is 3. The van der Waals surface area contributed by atoms with Gasteiger partial charge in [0.05, 0.1) is 13.7 Å². The summed E-state index contributed by atoms with van der Waals surface area (Å²) < 4.78 is 16.9. The van der Waals surface area contributed by atoms with Crippen LogP contribution in [0.15, 0.2) is 18.2 Å². The van der Waals surface area contributed by atoms with Crippen LogP contribution in [0.3, 0.4) is 0 Å². The second-order valence-corrected chi connectivity index (χ2v) is 5.48. The van der Waals surface area contributed by atoms with Crippen LogP contribution in [0, 0.1) is 0 Å². The van der Waals surface area contributed by atoms with Crippen molar-refractivity contribution in [2.24, 2.45) is 0 Å². The van der Waals surface area contributed by atoms with Crippen molar-refractivity contribution in [3.05, 3.63) is 23.8 Å². The van der Waals surface area contributed by atoms with Crippen molar-refractivity contribution in [1.82, 2.24) is 5.32 Å². The van der Waals surface area contributed by atoms with E-state index in [2.05, 4.69) is 25.2 Å². The zero-order valence-electron chi connectivity index (χ0n) is 12.6. The van der Waals surface area contributed by atoms with E-state index in [9.17, 15) is 0 Å². The predicted octanol–water partition coefficient (Wildman–Crippen LogP) is 2.75. The Morgan fingerprint density at radius 1 is 1.35 bits per heavy atom. The summed E-state index contributed by atoms with van der Waals surface area (Å²) in [5, 5.41) is 3.40. The van der Waals surface area contributed by atoms with Gasteiger partial charge in [-0.3, -0.25) is 0 Å². The molecule has 1 heterocycles. The Kier molecular flexibility index (Phi) is 5.68. The highest BCUT2D eigenvalue weighted by molar-refractivity contribution is 5.43. The van der Waals surface area contributed by atoms with Crippen molar-refractivity contribution in [1.29, 1.82) is 0 Å². The van der Waals surface area contributed by atoms with Crippen LogP contribution in [-0.2, 0) is 11.3 Å². The highest BCUT2D eigenvalue weighted by Crippen LogP contribution is 2.30. The smallest absolute Gasteiger partial charge is 0.161 e. The van der Waals surface area contributed by atoms with E-state index in [0.29, 0.717) is 12.6 Å². The van der Waals surface area contributed by atoms with Gasteiger partial charge in [-0.1, -0.05) is 19.9 Å². The first-order chi connectivity index (χ1) is 9.69. The van der Waals surface area contributed by atoms with Gasteiger partial charge in [0, 0.05) is 19.2 Å². The molecule has 0 radical (unpaired) electrons. The minimum absolute atomic E-state index is 0.136. The Bertz CT molecular complexity index is 414. The fourth-order valence-electron chi connectivity index (χ4n) is 2.22. The Balaban J connectivity index is 2.01. The number of nitrogens with one attached hydrogen (secondary N) is 1. The summed E-state index contributed by atoms with van der Waals surface area (Å²) in [5.74, 6) is 1.59. The lowest BCUT2D eigenvalue weighted by atomic mass is 10.1. The van der Waals surface area contributed by atoms with Gasteiger partial charge < -0.3 is 19.5 Å². The number of rotatable bonds is 6. The van der Waals surface area contributed by atoms with Crippen molar-refractivity contribution in [3.63, 3.8) is 0 Å². The minimum atomic E-state index is 0.136. The van der Waals surface area contributed by atoms with Crippen LogP contribution >= 0.6 is 0 Å². The predicted molar refractivity (Wildman–Crippen MR) is 79.4 cm³/mol. The lowest BCUT2D eigenvalue weighted by molar-refractivity contribution is 0.00643. The van der Waals surface area contributed by atoms with E-state index in [1.807, 2.05) is 12.1 Å². The number of hydrogen-bond donors (Lipinski definition) is 1. The number of hydrogen-bond acceptors (Lipinski definition) is 4. The quantitative estimate of drug-likeness (QED) is 0.869. The van der Waals surface area contributed by atoms with Crippen molar-refractivity contribution in [3.8, 4) is 11.5 Å². The molecular formula is C16H25NO3. The molecule has 0 amide bonds. The summed E-state index contributed by atoms with van der Waals surface area (Å²) in [4.78, 5) is 0. The van der Waals surface area contributed by atoms with E-state index in [-0.39, 0.29) is 6.10 Å². The molecule has 1 aliphatic heterocycles. The molecule has 112 valence electrons. The third-order valence-corrected chi connectivity index (χ3v) is 3.35. The van der Waals surface area contributed by atoms with Crippen LogP contribution in [0.2, 0.25) is 0 Å². The molecule has 2 rings (SSSR count). The molecule has 1 aromatic rings. The maximum absolute atomic E-state index is 5.99. The Morgan fingerprint density at radius 2 is 2.20 bits per heavy atom. The number of methoxy groups -OCH3 is 1. The first kappa shape index (κ1) is 15.1. The second-order valence-electron chi connectivity index (χ2n) is 5.48. The van der Waals surface area contributed by atoms with Gasteiger partial charge in [-0.05, 0) is 30.5 Å². The Morgan fingerprint density at radius 3 is 2.85 bits per heavy atom. The molecule has 4 heteroatoms. The van der Waals surface area contributed by atoms with E-state index in [4.69, 9.17) is 14.2 Å². The van der Waals surface area contributed by atoms with Gasteiger partial charge in [0.1, 0.15) is 6.10 Å². The van der Waals surface area contributed by atoms with Crippen LogP contribution in [0.1, 0.15) is 32.3 Å². The monoisotopic (exact) mass is 279 g/mol. The Labute approximate surface area is 121 Å². The highest BCUT2D eigenvalue weighted by Gasteiger charge is 2.17. The maximum atomic E-state index is 5.99. The molecule has 1 fully saturated rings. The molecule has 0 spiro atoms. The van der Waals surface area contributed by atoms with Crippen LogP contribution < -0.4 is 14.8 Å². The fraction of sp³-hybridized carbons (Fsp3) is 0.625. The van der Waals surface area contributed by atoms with Crippen LogP contribution in [0.4, 0.5) is 0 Å². The normalized spacial score (nSPS) is 19.1. The molecule has 1 saturated heterocycles. The summed E-state index contributed by atoms with van der Waals surface area (Å²) in [6.45, 7) is 6.62. The van der Waals surface area contributed by atoms with E-state index < -0.39 is 0 Å². The molecule has 1 N–H and O–H groups in total. The summed E-state index contributed by atoms with van der Waals surface area (Å²) in [5.41, 5.74) is 1.20. The molecule has 4 nitrogen and oxygen atoms in total. The van der Waals surface area contributed by atoms with Gasteiger partial charge in [0.15, 0.2) is 11.5 Å². The zero-order chi connectivity index (χ0) is 14.4. The molecular weight excluding hydrogens is 254 g/mol. The van der Waals surface area contributed by atoms with Crippen molar-refractivity contribution in [2.45, 2.75) is 45.4 Å². The van der Waals surface area contributed by atoms with Crippen molar-refractivity contribution in [2.75, 3.05) is 20.3 Å². The van der Waals surface area contributed by atoms with E-state index in [1.165, 1.54) is 5.56 Å². The third-order valence-electron chi connectivity index (χ3n) is 3.35. The van der Waals surface area contributed by atoms with E-state index in [0.717, 1.165) is 37.5 Å². The summed E-state index contributed by atoms with van der Waals surface area (Å²) in [7, 11) is 1.68. The SMILES string of the molecule is COc1cc(CNC(C)C)ccc1OC1CCCOC1. The molecule has 0 aromatic heterocycles. The summed E-state index contributed by atoms with van der Waals surface area (Å²) >= 11 is 0. The lowest BCUT2D eigenvalue weighted by Crippen LogP contribution is -2.28. The van der Waals surface area contributed by atoms with Gasteiger partial charge in [0.2, 0.25) is 0 Å².